The summed E-state index contributed by atoms with van der Waals surface area (Å²) in [6.45, 7) is 0.374. The van der Waals surface area contributed by atoms with Crippen molar-refractivity contribution in [2.24, 2.45) is 0 Å². The molecule has 0 amide bonds. The Labute approximate surface area is 143 Å². The summed E-state index contributed by atoms with van der Waals surface area (Å²) in [5.41, 5.74) is 1.13. The van der Waals surface area contributed by atoms with Crippen molar-refractivity contribution in [1.82, 2.24) is 4.72 Å². The first-order chi connectivity index (χ1) is 11.8. The summed E-state index contributed by atoms with van der Waals surface area (Å²) >= 11 is 0. The molecule has 134 valence electrons. The van der Waals surface area contributed by atoms with Gasteiger partial charge in [-0.2, -0.15) is 13.2 Å². The van der Waals surface area contributed by atoms with E-state index in [2.05, 4.69) is 4.72 Å². The van der Waals surface area contributed by atoms with Crippen molar-refractivity contribution in [3.8, 4) is 0 Å². The summed E-state index contributed by atoms with van der Waals surface area (Å²) in [6, 6.07) is 11.4. The summed E-state index contributed by atoms with van der Waals surface area (Å²) in [6.07, 6.45) is -4.42. The highest BCUT2D eigenvalue weighted by Gasteiger charge is 2.31. The van der Waals surface area contributed by atoms with E-state index < -0.39 is 26.7 Å². The quantitative estimate of drug-likeness (QED) is 0.899. The molecule has 0 bridgehead atoms. The Morgan fingerprint density at radius 1 is 1.08 bits per heavy atom. The lowest BCUT2D eigenvalue weighted by Crippen LogP contribution is -2.36. The van der Waals surface area contributed by atoms with Gasteiger partial charge >= 0.3 is 6.18 Å². The number of rotatable bonds is 4. The summed E-state index contributed by atoms with van der Waals surface area (Å²) < 4.78 is 70.7. The van der Waals surface area contributed by atoms with Crippen LogP contribution in [0.15, 0.2) is 53.4 Å². The van der Waals surface area contributed by atoms with Crippen molar-refractivity contribution in [2.75, 3.05) is 6.54 Å². The first-order valence-corrected chi connectivity index (χ1v) is 9.09. The smallest absolute Gasteiger partial charge is 0.372 e. The van der Waals surface area contributed by atoms with Crippen molar-refractivity contribution in [2.45, 2.75) is 30.2 Å². The molecule has 0 radical (unpaired) electrons. The van der Waals surface area contributed by atoms with E-state index in [0.29, 0.717) is 19.1 Å². The van der Waals surface area contributed by atoms with Crippen LogP contribution >= 0.6 is 0 Å². The molecule has 0 fully saturated rings. The summed E-state index contributed by atoms with van der Waals surface area (Å²) in [7, 11) is -4.05. The van der Waals surface area contributed by atoms with E-state index in [1.165, 1.54) is 0 Å². The minimum atomic E-state index is -4.60. The average Bonchev–Trinajstić information content (AvgIpc) is 2.59. The third-order valence-corrected chi connectivity index (χ3v) is 5.43. The van der Waals surface area contributed by atoms with Gasteiger partial charge in [0.25, 0.3) is 0 Å². The molecule has 0 aliphatic carbocycles. The van der Waals surface area contributed by atoms with Gasteiger partial charge in [0.05, 0.1) is 23.2 Å². The molecule has 0 spiro atoms. The molecule has 3 rings (SSSR count). The lowest BCUT2D eigenvalue weighted by atomic mass is 9.99. The molecule has 1 heterocycles. The number of hydrogen-bond acceptors (Lipinski definition) is 3. The van der Waals surface area contributed by atoms with Crippen LogP contribution in [0.2, 0.25) is 0 Å². The van der Waals surface area contributed by atoms with Gasteiger partial charge in [-0.05, 0) is 29.3 Å². The van der Waals surface area contributed by atoms with Gasteiger partial charge in [0.15, 0.2) is 0 Å². The fourth-order valence-corrected chi connectivity index (χ4v) is 3.78. The fraction of sp³-hybridized carbons (Fsp3) is 0.294. The molecular formula is C17H16F3NO3S. The van der Waals surface area contributed by atoms with Gasteiger partial charge in [-0.15, -0.1) is 0 Å². The van der Waals surface area contributed by atoms with Crippen LogP contribution in [-0.2, 0) is 34.0 Å². The maximum atomic E-state index is 12.7. The predicted octanol–water partition coefficient (Wildman–Crippen LogP) is 3.13. The normalized spacial score (nSPS) is 18.0. The standard InChI is InChI=1S/C17H16F3NO3S/c18-17(19,20)14-6-3-7-16(9-14)25(22,23)21-10-15-8-12-4-1-2-5-13(12)11-24-15/h1-7,9,15,21H,8,10-11H2. The van der Waals surface area contributed by atoms with Gasteiger partial charge in [-0.3, -0.25) is 0 Å². The number of ether oxygens (including phenoxy) is 1. The molecule has 1 atom stereocenters. The number of hydrogen-bond donors (Lipinski definition) is 1. The Morgan fingerprint density at radius 3 is 2.52 bits per heavy atom. The Morgan fingerprint density at radius 2 is 1.80 bits per heavy atom. The molecule has 2 aromatic rings. The molecule has 0 saturated heterocycles. The van der Waals surface area contributed by atoms with E-state index in [9.17, 15) is 21.6 Å². The molecule has 1 aliphatic heterocycles. The molecule has 4 nitrogen and oxygen atoms in total. The van der Waals surface area contributed by atoms with Gasteiger partial charge in [0.1, 0.15) is 0 Å². The van der Waals surface area contributed by atoms with E-state index in [-0.39, 0.29) is 12.6 Å². The lowest BCUT2D eigenvalue weighted by Gasteiger charge is -2.25. The highest BCUT2D eigenvalue weighted by Crippen LogP contribution is 2.30. The maximum absolute atomic E-state index is 12.7. The van der Waals surface area contributed by atoms with E-state index in [0.717, 1.165) is 29.3 Å². The number of nitrogens with one attached hydrogen (secondary N) is 1. The van der Waals surface area contributed by atoms with Crippen molar-refractivity contribution in [3.63, 3.8) is 0 Å². The molecule has 1 unspecified atom stereocenters. The van der Waals surface area contributed by atoms with E-state index >= 15 is 0 Å². The third kappa shape index (κ3) is 4.20. The van der Waals surface area contributed by atoms with Crippen molar-refractivity contribution < 1.29 is 26.3 Å². The second-order valence-corrected chi connectivity index (χ2v) is 7.55. The van der Waals surface area contributed by atoms with Gasteiger partial charge in [0, 0.05) is 13.0 Å². The van der Waals surface area contributed by atoms with Crippen molar-refractivity contribution in [3.05, 3.63) is 65.2 Å². The minimum Gasteiger partial charge on any atom is -0.372 e. The number of benzene rings is 2. The van der Waals surface area contributed by atoms with E-state index in [1.54, 1.807) is 0 Å². The molecule has 1 aliphatic rings. The summed E-state index contributed by atoms with van der Waals surface area (Å²) in [5, 5.41) is 0. The zero-order valence-corrected chi connectivity index (χ0v) is 13.9. The number of halogens is 3. The molecule has 0 aromatic heterocycles. The molecule has 25 heavy (non-hydrogen) atoms. The predicted molar refractivity (Wildman–Crippen MR) is 85.4 cm³/mol. The first-order valence-electron chi connectivity index (χ1n) is 7.61. The Kier molecular flexibility index (Phi) is 4.86. The zero-order valence-electron chi connectivity index (χ0n) is 13.1. The molecule has 2 aromatic carbocycles. The second-order valence-electron chi connectivity index (χ2n) is 5.78. The minimum absolute atomic E-state index is 0.00703. The largest absolute Gasteiger partial charge is 0.416 e. The molecule has 1 N–H and O–H groups in total. The van der Waals surface area contributed by atoms with Crippen LogP contribution in [0.5, 0.6) is 0 Å². The highest BCUT2D eigenvalue weighted by atomic mass is 32.2. The maximum Gasteiger partial charge on any atom is 0.416 e. The summed E-state index contributed by atoms with van der Waals surface area (Å²) in [4.78, 5) is -0.418. The average molecular weight is 371 g/mol. The Hall–Kier alpha value is -1.90. The van der Waals surface area contributed by atoms with Gasteiger partial charge in [0.2, 0.25) is 10.0 Å². The second kappa shape index (κ2) is 6.78. The monoisotopic (exact) mass is 371 g/mol. The number of alkyl halides is 3. The van der Waals surface area contributed by atoms with E-state index in [4.69, 9.17) is 4.74 Å². The SMILES string of the molecule is O=S(=O)(NCC1Cc2ccccc2CO1)c1cccc(C(F)(F)F)c1. The van der Waals surface area contributed by atoms with Crippen LogP contribution < -0.4 is 4.72 Å². The van der Waals surface area contributed by atoms with E-state index in [1.807, 2.05) is 24.3 Å². The van der Waals surface area contributed by atoms with Gasteiger partial charge in [-0.25, -0.2) is 13.1 Å². The first kappa shape index (κ1) is 17.9. The topological polar surface area (TPSA) is 55.4 Å². The van der Waals surface area contributed by atoms with Crippen molar-refractivity contribution >= 4 is 10.0 Å². The van der Waals surface area contributed by atoms with Crippen LogP contribution in [0, 0.1) is 0 Å². The molecule has 8 heteroatoms. The van der Waals surface area contributed by atoms with Crippen molar-refractivity contribution in [1.29, 1.82) is 0 Å². The van der Waals surface area contributed by atoms with Crippen LogP contribution in [0.4, 0.5) is 13.2 Å². The van der Waals surface area contributed by atoms with Crippen LogP contribution in [-0.4, -0.2) is 21.1 Å². The summed E-state index contributed by atoms with van der Waals surface area (Å²) in [5.74, 6) is 0. The zero-order chi connectivity index (χ0) is 18.1. The highest BCUT2D eigenvalue weighted by molar-refractivity contribution is 7.89. The van der Waals surface area contributed by atoms with Crippen LogP contribution in [0.3, 0.4) is 0 Å². The number of sulfonamides is 1. The van der Waals surface area contributed by atoms with Gasteiger partial charge < -0.3 is 4.74 Å². The van der Waals surface area contributed by atoms with Gasteiger partial charge in [-0.1, -0.05) is 30.3 Å². The molecule has 0 saturated carbocycles. The van der Waals surface area contributed by atoms with Crippen LogP contribution in [0.25, 0.3) is 0 Å². The third-order valence-electron chi connectivity index (χ3n) is 4.01. The van der Waals surface area contributed by atoms with Crippen LogP contribution in [0.1, 0.15) is 16.7 Å². The molecular weight excluding hydrogens is 355 g/mol. The lowest BCUT2D eigenvalue weighted by molar-refractivity contribution is -0.137. The Balaban J connectivity index is 1.69. The Bertz CT molecular complexity index is 865. The fourth-order valence-electron chi connectivity index (χ4n) is 2.67. The number of fused-ring (bicyclic) bond motifs is 1.